The van der Waals surface area contributed by atoms with E-state index in [-0.39, 0.29) is 24.0 Å². The van der Waals surface area contributed by atoms with Crippen LogP contribution in [-0.4, -0.2) is 31.0 Å². The van der Waals surface area contributed by atoms with Crippen LogP contribution in [0.5, 0.6) is 5.75 Å². The average Bonchev–Trinajstić information content (AvgIpc) is 2.92. The summed E-state index contributed by atoms with van der Waals surface area (Å²) in [5.41, 5.74) is 1.35. The Morgan fingerprint density at radius 3 is 2.80 bits per heavy atom. The lowest BCUT2D eigenvalue weighted by Gasteiger charge is -2.16. The third kappa shape index (κ3) is 3.61. The third-order valence-electron chi connectivity index (χ3n) is 3.96. The first-order chi connectivity index (χ1) is 12.0. The Morgan fingerprint density at radius 2 is 2.04 bits per heavy atom. The molecule has 0 saturated carbocycles. The van der Waals surface area contributed by atoms with Gasteiger partial charge in [0.05, 0.1) is 6.54 Å². The van der Waals surface area contributed by atoms with Gasteiger partial charge < -0.3 is 14.1 Å². The van der Waals surface area contributed by atoms with Gasteiger partial charge in [0, 0.05) is 23.0 Å². The minimum atomic E-state index is -0.429. The second-order valence-electron chi connectivity index (χ2n) is 5.70. The number of nitrogens with zero attached hydrogens (tertiary/aromatic N) is 1. The number of likely N-dealkylation sites (N-methyl/N-ethyl adjacent to an activating group) is 1. The standard InChI is InChI=1S/C19H17ClFNO3/c1-12-14-11-13(20)7-8-16(14)25-18(12)19(23)22(2)9-10-24-17-6-4-3-5-15(17)21/h3-8,11H,9-10H2,1-2H3. The summed E-state index contributed by atoms with van der Waals surface area (Å²) in [7, 11) is 1.65. The maximum absolute atomic E-state index is 13.5. The molecule has 0 aliphatic rings. The number of carbonyl (C=O) groups is 1. The molecule has 130 valence electrons. The van der Waals surface area contributed by atoms with Crippen molar-refractivity contribution in [2.75, 3.05) is 20.2 Å². The number of halogens is 2. The number of amides is 1. The van der Waals surface area contributed by atoms with Crippen LogP contribution < -0.4 is 4.74 Å². The smallest absolute Gasteiger partial charge is 0.289 e. The van der Waals surface area contributed by atoms with Crippen molar-refractivity contribution in [2.45, 2.75) is 6.92 Å². The quantitative estimate of drug-likeness (QED) is 0.662. The summed E-state index contributed by atoms with van der Waals surface area (Å²) in [5, 5.41) is 1.40. The molecule has 1 heterocycles. The van der Waals surface area contributed by atoms with Gasteiger partial charge >= 0.3 is 0 Å². The first kappa shape index (κ1) is 17.3. The molecule has 0 saturated heterocycles. The number of fused-ring (bicyclic) bond motifs is 1. The molecule has 0 fully saturated rings. The Kier molecular flexibility index (Phi) is 4.95. The number of aryl methyl sites for hydroxylation is 1. The molecule has 0 aliphatic heterocycles. The van der Waals surface area contributed by atoms with Gasteiger partial charge in [-0.3, -0.25) is 4.79 Å². The second kappa shape index (κ2) is 7.15. The molecular weight excluding hydrogens is 345 g/mol. The molecule has 1 aromatic heterocycles. The summed E-state index contributed by atoms with van der Waals surface area (Å²) in [6.07, 6.45) is 0. The normalized spacial score (nSPS) is 10.9. The summed E-state index contributed by atoms with van der Waals surface area (Å²) in [4.78, 5) is 14.1. The zero-order valence-electron chi connectivity index (χ0n) is 13.9. The van der Waals surface area contributed by atoms with Crippen LogP contribution in [0.3, 0.4) is 0 Å². The number of hydrogen-bond acceptors (Lipinski definition) is 3. The van der Waals surface area contributed by atoms with Gasteiger partial charge in [-0.05, 0) is 37.3 Å². The van der Waals surface area contributed by atoms with Crippen molar-refractivity contribution in [3.63, 3.8) is 0 Å². The molecule has 0 radical (unpaired) electrons. The van der Waals surface area contributed by atoms with E-state index in [0.29, 0.717) is 17.2 Å². The van der Waals surface area contributed by atoms with Crippen molar-refractivity contribution < 1.29 is 18.3 Å². The lowest BCUT2D eigenvalue weighted by Crippen LogP contribution is -2.31. The SMILES string of the molecule is Cc1c(C(=O)N(C)CCOc2ccccc2F)oc2ccc(Cl)cc12. The van der Waals surface area contributed by atoms with Crippen LogP contribution in [0.4, 0.5) is 4.39 Å². The van der Waals surface area contributed by atoms with Crippen LogP contribution in [0.1, 0.15) is 16.1 Å². The van der Waals surface area contributed by atoms with Gasteiger partial charge in [-0.1, -0.05) is 23.7 Å². The summed E-state index contributed by atoms with van der Waals surface area (Å²) < 4.78 is 24.6. The van der Waals surface area contributed by atoms with E-state index in [9.17, 15) is 9.18 Å². The second-order valence-corrected chi connectivity index (χ2v) is 6.14. The maximum atomic E-state index is 13.5. The number of benzene rings is 2. The summed E-state index contributed by atoms with van der Waals surface area (Å²) in [6.45, 7) is 2.29. The fourth-order valence-corrected chi connectivity index (χ4v) is 2.70. The Hall–Kier alpha value is -2.53. The molecule has 1 amide bonds. The van der Waals surface area contributed by atoms with Crippen molar-refractivity contribution in [1.82, 2.24) is 4.90 Å². The minimum Gasteiger partial charge on any atom is -0.489 e. The van der Waals surface area contributed by atoms with Crippen molar-refractivity contribution in [1.29, 1.82) is 0 Å². The molecule has 3 rings (SSSR count). The lowest BCUT2D eigenvalue weighted by atomic mass is 10.1. The van der Waals surface area contributed by atoms with E-state index in [1.165, 1.54) is 11.0 Å². The zero-order chi connectivity index (χ0) is 18.0. The van der Waals surface area contributed by atoms with E-state index in [1.807, 2.05) is 6.92 Å². The molecule has 0 spiro atoms. The van der Waals surface area contributed by atoms with Gasteiger partial charge in [0.25, 0.3) is 5.91 Å². The van der Waals surface area contributed by atoms with Crippen LogP contribution >= 0.6 is 11.6 Å². The highest BCUT2D eigenvalue weighted by atomic mass is 35.5. The Balaban J connectivity index is 1.68. The van der Waals surface area contributed by atoms with Gasteiger partial charge in [0.1, 0.15) is 12.2 Å². The van der Waals surface area contributed by atoms with E-state index >= 15 is 0 Å². The lowest BCUT2D eigenvalue weighted by molar-refractivity contribution is 0.0743. The van der Waals surface area contributed by atoms with Gasteiger partial charge in [0.2, 0.25) is 0 Å². The zero-order valence-corrected chi connectivity index (χ0v) is 14.6. The minimum absolute atomic E-state index is 0.165. The number of para-hydroxylation sites is 1. The summed E-state index contributed by atoms with van der Waals surface area (Å²) in [5.74, 6) is -0.257. The number of hydrogen-bond donors (Lipinski definition) is 0. The molecule has 2 aromatic carbocycles. The maximum Gasteiger partial charge on any atom is 0.289 e. The van der Waals surface area contributed by atoms with Crippen molar-refractivity contribution >= 4 is 28.5 Å². The molecule has 6 heteroatoms. The predicted octanol–water partition coefficient (Wildman–Crippen LogP) is 4.68. The molecule has 0 bridgehead atoms. The van der Waals surface area contributed by atoms with Crippen molar-refractivity contribution in [3.8, 4) is 5.75 Å². The molecule has 0 N–H and O–H groups in total. The van der Waals surface area contributed by atoms with E-state index in [4.69, 9.17) is 20.8 Å². The van der Waals surface area contributed by atoms with Crippen LogP contribution in [-0.2, 0) is 0 Å². The Morgan fingerprint density at radius 1 is 1.28 bits per heavy atom. The van der Waals surface area contributed by atoms with Crippen molar-refractivity contribution in [2.24, 2.45) is 0 Å². The molecule has 3 aromatic rings. The van der Waals surface area contributed by atoms with Gasteiger partial charge in [-0.25, -0.2) is 4.39 Å². The van der Waals surface area contributed by atoms with Crippen LogP contribution in [0.2, 0.25) is 5.02 Å². The summed E-state index contributed by atoms with van der Waals surface area (Å²) in [6, 6.07) is 11.4. The highest BCUT2D eigenvalue weighted by Gasteiger charge is 2.21. The van der Waals surface area contributed by atoms with E-state index in [1.54, 1.807) is 43.4 Å². The molecule has 0 aliphatic carbocycles. The van der Waals surface area contributed by atoms with E-state index < -0.39 is 5.82 Å². The fraction of sp³-hybridized carbons (Fsp3) is 0.211. The van der Waals surface area contributed by atoms with Crippen LogP contribution in [0.15, 0.2) is 46.9 Å². The van der Waals surface area contributed by atoms with Gasteiger partial charge in [-0.2, -0.15) is 0 Å². The number of ether oxygens (including phenoxy) is 1. The number of rotatable bonds is 5. The largest absolute Gasteiger partial charge is 0.489 e. The molecule has 4 nitrogen and oxygen atoms in total. The third-order valence-corrected chi connectivity index (χ3v) is 4.20. The van der Waals surface area contributed by atoms with E-state index in [0.717, 1.165) is 10.9 Å². The topological polar surface area (TPSA) is 42.7 Å². The number of carbonyl (C=O) groups excluding carboxylic acids is 1. The van der Waals surface area contributed by atoms with Crippen LogP contribution in [0.25, 0.3) is 11.0 Å². The van der Waals surface area contributed by atoms with Crippen molar-refractivity contribution in [3.05, 3.63) is 64.6 Å². The Labute approximate surface area is 149 Å². The fourth-order valence-electron chi connectivity index (χ4n) is 2.53. The average molecular weight is 362 g/mol. The first-order valence-corrected chi connectivity index (χ1v) is 8.16. The van der Waals surface area contributed by atoms with Gasteiger partial charge in [-0.15, -0.1) is 0 Å². The Bertz CT molecular complexity index is 922. The van der Waals surface area contributed by atoms with Gasteiger partial charge in [0.15, 0.2) is 17.3 Å². The number of furan rings is 1. The molecule has 0 unspecified atom stereocenters. The monoisotopic (exact) mass is 361 g/mol. The molecule has 25 heavy (non-hydrogen) atoms. The van der Waals surface area contributed by atoms with E-state index in [2.05, 4.69) is 0 Å². The molecule has 0 atom stereocenters. The molecular formula is C19H17ClFNO3. The summed E-state index contributed by atoms with van der Waals surface area (Å²) >= 11 is 6.00. The highest BCUT2D eigenvalue weighted by molar-refractivity contribution is 6.31. The highest BCUT2D eigenvalue weighted by Crippen LogP contribution is 2.28. The first-order valence-electron chi connectivity index (χ1n) is 7.79. The van der Waals surface area contributed by atoms with Crippen LogP contribution in [0, 0.1) is 12.7 Å². The predicted molar refractivity (Wildman–Crippen MR) is 94.8 cm³/mol.